The Morgan fingerprint density at radius 2 is 0.982 bits per heavy atom. The topological polar surface area (TPSA) is 8.17 Å². The van der Waals surface area contributed by atoms with Gasteiger partial charge in [0.25, 0.3) is 0 Å². The van der Waals surface area contributed by atoms with E-state index in [0.717, 1.165) is 22.7 Å². The van der Waals surface area contributed by atoms with E-state index in [4.69, 9.17) is 0 Å². The largest absolute Gasteiger partial charge is 0.310 e. The molecule has 0 atom stereocenters. The Bertz CT molecular complexity index is 3370. The molecule has 0 bridgehead atoms. The fraction of sp³-hybridized carbons (Fsp3) is 0. The number of rotatable bonds is 5. The highest BCUT2D eigenvalue weighted by Gasteiger charge is 2.26. The van der Waals surface area contributed by atoms with Crippen LogP contribution in [0.5, 0.6) is 0 Å². The van der Waals surface area contributed by atoms with Gasteiger partial charge in [0.05, 0.1) is 22.4 Å². The van der Waals surface area contributed by atoms with Crippen LogP contribution in [0.2, 0.25) is 0 Å². The van der Waals surface area contributed by atoms with E-state index in [1.165, 1.54) is 87.5 Å². The summed E-state index contributed by atoms with van der Waals surface area (Å²) in [6.45, 7) is 0. The predicted octanol–water partition coefficient (Wildman–Crippen LogP) is 15.0. The monoisotopic (exact) mass is 710 g/mol. The molecule has 0 N–H and O–H groups in total. The van der Waals surface area contributed by atoms with Crippen LogP contribution >= 0.6 is 0 Å². The van der Waals surface area contributed by atoms with Gasteiger partial charge in [-0.2, -0.15) is 0 Å². The van der Waals surface area contributed by atoms with Crippen molar-refractivity contribution in [2.45, 2.75) is 0 Å². The van der Waals surface area contributed by atoms with Crippen molar-refractivity contribution < 1.29 is 0 Å². The molecule has 12 rings (SSSR count). The molecule has 1 aromatic heterocycles. The lowest BCUT2D eigenvalue weighted by Crippen LogP contribution is -2.11. The van der Waals surface area contributed by atoms with E-state index in [9.17, 15) is 0 Å². The van der Waals surface area contributed by atoms with Gasteiger partial charge in [0.15, 0.2) is 0 Å². The molecule has 0 saturated heterocycles. The Kier molecular flexibility index (Phi) is 6.66. The first-order valence-electron chi connectivity index (χ1n) is 19.4. The van der Waals surface area contributed by atoms with Crippen molar-refractivity contribution >= 4 is 71.2 Å². The summed E-state index contributed by atoms with van der Waals surface area (Å²) in [5.74, 6) is 0. The van der Waals surface area contributed by atoms with E-state index >= 15 is 0 Å². The molecule has 11 aromatic rings. The molecule has 10 aromatic carbocycles. The van der Waals surface area contributed by atoms with Gasteiger partial charge in [-0.25, -0.2) is 0 Å². The summed E-state index contributed by atoms with van der Waals surface area (Å²) >= 11 is 0. The Balaban J connectivity index is 1.13. The molecule has 0 aliphatic heterocycles. The molecule has 1 heterocycles. The van der Waals surface area contributed by atoms with E-state index in [-0.39, 0.29) is 0 Å². The molecule has 0 saturated carbocycles. The second kappa shape index (κ2) is 12.0. The van der Waals surface area contributed by atoms with E-state index in [1.807, 2.05) is 0 Å². The minimum Gasteiger partial charge on any atom is -0.310 e. The molecule has 0 amide bonds. The van der Waals surface area contributed by atoms with Gasteiger partial charge in [-0.05, 0) is 103 Å². The summed E-state index contributed by atoms with van der Waals surface area (Å²) in [6, 6.07) is 75.8. The fourth-order valence-electron chi connectivity index (χ4n) is 9.46. The Morgan fingerprint density at radius 3 is 1.89 bits per heavy atom. The van der Waals surface area contributed by atoms with Crippen LogP contribution in [0.15, 0.2) is 206 Å². The first kappa shape index (κ1) is 31.0. The minimum absolute atomic E-state index is 1.11. The standard InChI is InChI=1S/C54H34N2/c1-2-14-35(15-3-1)42-21-8-10-25-50(42)56-51-26-11-9-23-44(51)45-30-28-40(34-52(45)56)55(49-27-13-18-36-16-4-6-20-41(36)49)39-29-31-47-48(33-39)46-24-12-19-38-32-37-17-5-7-22-43(37)54(47)53(38)46/h1-34H. The third-order valence-electron chi connectivity index (χ3n) is 11.9. The molecule has 2 heteroatoms. The molecular formula is C54H34N2. The zero-order valence-corrected chi connectivity index (χ0v) is 30.5. The maximum atomic E-state index is 2.47. The SMILES string of the molecule is c1ccc(-c2ccccc2-n2c3ccccc3c3ccc(N(c4ccc5c(c4)-c4cccc6cc7ccccc7c-5c46)c4cccc5ccccc45)cc32)cc1. The van der Waals surface area contributed by atoms with E-state index < -0.39 is 0 Å². The number of hydrogen-bond donors (Lipinski definition) is 0. The zero-order valence-electron chi connectivity index (χ0n) is 30.5. The number of nitrogens with zero attached hydrogens (tertiary/aromatic N) is 2. The van der Waals surface area contributed by atoms with Gasteiger partial charge in [-0.1, -0.05) is 158 Å². The number of aromatic nitrogens is 1. The lowest BCUT2D eigenvalue weighted by atomic mass is 9.96. The normalized spacial score (nSPS) is 11.9. The second-order valence-electron chi connectivity index (χ2n) is 14.9. The number of fused-ring (bicyclic) bond motifs is 9. The number of hydrogen-bond acceptors (Lipinski definition) is 1. The number of para-hydroxylation sites is 2. The number of anilines is 3. The summed E-state index contributed by atoms with van der Waals surface area (Å²) < 4.78 is 2.46. The van der Waals surface area contributed by atoms with Crippen LogP contribution in [0.1, 0.15) is 0 Å². The van der Waals surface area contributed by atoms with Crippen molar-refractivity contribution in [3.63, 3.8) is 0 Å². The maximum absolute atomic E-state index is 2.47. The average molecular weight is 711 g/mol. The zero-order chi connectivity index (χ0) is 36.7. The van der Waals surface area contributed by atoms with Gasteiger partial charge < -0.3 is 9.47 Å². The van der Waals surface area contributed by atoms with Gasteiger partial charge in [-0.3, -0.25) is 0 Å². The predicted molar refractivity (Wildman–Crippen MR) is 238 cm³/mol. The molecule has 260 valence electrons. The highest BCUT2D eigenvalue weighted by Crippen LogP contribution is 2.53. The van der Waals surface area contributed by atoms with Crippen LogP contribution in [-0.4, -0.2) is 4.57 Å². The van der Waals surface area contributed by atoms with Crippen molar-refractivity contribution in [2.24, 2.45) is 0 Å². The first-order valence-corrected chi connectivity index (χ1v) is 19.4. The van der Waals surface area contributed by atoms with Crippen molar-refractivity contribution in [1.29, 1.82) is 0 Å². The van der Waals surface area contributed by atoms with Crippen LogP contribution in [0.3, 0.4) is 0 Å². The Labute approximate surface area is 324 Å². The van der Waals surface area contributed by atoms with Crippen molar-refractivity contribution in [1.82, 2.24) is 4.57 Å². The summed E-state index contributed by atoms with van der Waals surface area (Å²) in [6.07, 6.45) is 0. The average Bonchev–Trinajstić information content (AvgIpc) is 3.77. The van der Waals surface area contributed by atoms with Crippen LogP contribution in [0, 0.1) is 0 Å². The molecule has 56 heavy (non-hydrogen) atoms. The third kappa shape index (κ3) is 4.50. The van der Waals surface area contributed by atoms with Crippen molar-refractivity contribution in [3.05, 3.63) is 206 Å². The Hall–Kier alpha value is -7.42. The third-order valence-corrected chi connectivity index (χ3v) is 11.9. The summed E-state index contributed by atoms with van der Waals surface area (Å²) in [5.41, 5.74) is 14.5. The molecule has 0 radical (unpaired) electrons. The fourth-order valence-corrected chi connectivity index (χ4v) is 9.46. The van der Waals surface area contributed by atoms with Gasteiger partial charge in [0.2, 0.25) is 0 Å². The Morgan fingerprint density at radius 1 is 0.339 bits per heavy atom. The highest BCUT2D eigenvalue weighted by molar-refractivity contribution is 6.24. The molecule has 0 fully saturated rings. The molecule has 2 nitrogen and oxygen atoms in total. The summed E-state index contributed by atoms with van der Waals surface area (Å²) in [4.78, 5) is 2.47. The quantitative estimate of drug-likeness (QED) is 0.161. The smallest absolute Gasteiger partial charge is 0.0562 e. The van der Waals surface area contributed by atoms with Gasteiger partial charge in [0.1, 0.15) is 0 Å². The molecule has 1 aliphatic carbocycles. The lowest BCUT2D eigenvalue weighted by molar-refractivity contribution is 1.18. The lowest BCUT2D eigenvalue weighted by Gasteiger charge is -2.28. The summed E-state index contributed by atoms with van der Waals surface area (Å²) in [5, 5.41) is 10.1. The maximum Gasteiger partial charge on any atom is 0.0562 e. The number of benzene rings is 10. The van der Waals surface area contributed by atoms with E-state index in [0.29, 0.717) is 0 Å². The van der Waals surface area contributed by atoms with E-state index in [2.05, 4.69) is 216 Å². The van der Waals surface area contributed by atoms with Gasteiger partial charge in [-0.15, -0.1) is 0 Å². The van der Waals surface area contributed by atoms with Gasteiger partial charge in [0, 0.05) is 33.1 Å². The molecule has 0 unspecified atom stereocenters. The van der Waals surface area contributed by atoms with Crippen LogP contribution < -0.4 is 4.90 Å². The van der Waals surface area contributed by atoms with Crippen molar-refractivity contribution in [2.75, 3.05) is 4.90 Å². The van der Waals surface area contributed by atoms with Crippen LogP contribution in [-0.2, 0) is 0 Å². The molecular weight excluding hydrogens is 677 g/mol. The second-order valence-corrected chi connectivity index (χ2v) is 14.9. The van der Waals surface area contributed by atoms with Crippen LogP contribution in [0.25, 0.3) is 93.2 Å². The van der Waals surface area contributed by atoms with Gasteiger partial charge >= 0.3 is 0 Å². The minimum atomic E-state index is 1.11. The highest BCUT2D eigenvalue weighted by atomic mass is 15.1. The molecule has 0 spiro atoms. The first-order chi connectivity index (χ1) is 27.8. The van der Waals surface area contributed by atoms with Crippen molar-refractivity contribution in [3.8, 4) is 39.1 Å². The summed E-state index contributed by atoms with van der Waals surface area (Å²) in [7, 11) is 0. The van der Waals surface area contributed by atoms with E-state index in [1.54, 1.807) is 0 Å². The van der Waals surface area contributed by atoms with Crippen LogP contribution in [0.4, 0.5) is 17.1 Å². The molecule has 1 aliphatic rings.